The van der Waals surface area contributed by atoms with E-state index in [1.54, 1.807) is 7.05 Å². The molecule has 0 saturated heterocycles. The molecule has 8 nitrogen and oxygen atoms in total. The summed E-state index contributed by atoms with van der Waals surface area (Å²) in [4.78, 5) is 40.9. The van der Waals surface area contributed by atoms with Crippen LogP contribution in [0.3, 0.4) is 0 Å². The van der Waals surface area contributed by atoms with Gasteiger partial charge in [-0.25, -0.2) is 9.78 Å². The fourth-order valence-electron chi connectivity index (χ4n) is 3.06. The summed E-state index contributed by atoms with van der Waals surface area (Å²) in [5.74, 6) is -0.215. The first-order valence-corrected chi connectivity index (χ1v) is 8.39. The normalized spacial score (nSPS) is 12.3. The SMILES string of the molecule is CC[C@@H](NC(=O)Cn1cnc2c(=O)n(C)c(=O)n(C)c21)c1ccccc1. The summed E-state index contributed by atoms with van der Waals surface area (Å²) >= 11 is 0. The number of benzene rings is 1. The highest BCUT2D eigenvalue weighted by Crippen LogP contribution is 2.16. The number of imidazole rings is 1. The third-order valence-corrected chi connectivity index (χ3v) is 4.47. The number of carbonyl (C=O) groups is 1. The van der Waals surface area contributed by atoms with Crippen LogP contribution in [0.4, 0.5) is 0 Å². The number of hydrogen-bond acceptors (Lipinski definition) is 4. The number of nitrogens with one attached hydrogen (secondary N) is 1. The smallest absolute Gasteiger partial charge is 0.332 e. The second-order valence-electron chi connectivity index (χ2n) is 6.19. The van der Waals surface area contributed by atoms with Gasteiger partial charge in [-0.15, -0.1) is 0 Å². The van der Waals surface area contributed by atoms with E-state index in [0.717, 1.165) is 16.6 Å². The molecular formula is C18H21N5O3. The fraction of sp³-hybridized carbons (Fsp3) is 0.333. The minimum absolute atomic E-state index is 0.0275. The van der Waals surface area contributed by atoms with E-state index in [1.165, 1.54) is 22.5 Å². The molecule has 136 valence electrons. The molecule has 0 aliphatic heterocycles. The van der Waals surface area contributed by atoms with Crippen LogP contribution in [0.15, 0.2) is 46.2 Å². The average Bonchev–Trinajstić information content (AvgIpc) is 3.07. The standard InChI is InChI=1S/C18H21N5O3/c1-4-13(12-8-6-5-7-9-12)20-14(24)10-23-11-19-15-16(23)21(2)18(26)22(3)17(15)25/h5-9,11,13H,4,10H2,1-3H3,(H,20,24)/t13-/m1/s1. The van der Waals surface area contributed by atoms with E-state index in [1.807, 2.05) is 37.3 Å². The second-order valence-corrected chi connectivity index (χ2v) is 6.19. The number of carbonyl (C=O) groups excluding carboxylic acids is 1. The van der Waals surface area contributed by atoms with Gasteiger partial charge in [0.05, 0.1) is 12.4 Å². The minimum Gasteiger partial charge on any atom is -0.348 e. The molecule has 0 bridgehead atoms. The summed E-state index contributed by atoms with van der Waals surface area (Å²) in [5, 5.41) is 2.99. The fourth-order valence-corrected chi connectivity index (χ4v) is 3.06. The Morgan fingerprint density at radius 3 is 2.50 bits per heavy atom. The third-order valence-electron chi connectivity index (χ3n) is 4.47. The lowest BCUT2D eigenvalue weighted by Gasteiger charge is -2.18. The highest BCUT2D eigenvalue weighted by Gasteiger charge is 2.17. The first kappa shape index (κ1) is 17.7. The zero-order chi connectivity index (χ0) is 18.8. The van der Waals surface area contributed by atoms with Crippen molar-refractivity contribution in [2.45, 2.75) is 25.9 Å². The lowest BCUT2D eigenvalue weighted by atomic mass is 10.0. The molecule has 2 aromatic heterocycles. The van der Waals surface area contributed by atoms with Gasteiger partial charge in [0, 0.05) is 14.1 Å². The number of aryl methyl sites for hydroxylation is 1. The van der Waals surface area contributed by atoms with Crippen LogP contribution in [-0.2, 0) is 25.4 Å². The first-order valence-electron chi connectivity index (χ1n) is 8.39. The van der Waals surface area contributed by atoms with Crippen LogP contribution in [-0.4, -0.2) is 24.6 Å². The Kier molecular flexibility index (Phi) is 4.75. The quantitative estimate of drug-likeness (QED) is 0.729. The average molecular weight is 355 g/mol. The molecule has 8 heteroatoms. The van der Waals surface area contributed by atoms with E-state index < -0.39 is 11.2 Å². The monoisotopic (exact) mass is 355 g/mol. The molecule has 0 radical (unpaired) electrons. The third kappa shape index (κ3) is 3.05. The zero-order valence-electron chi connectivity index (χ0n) is 15.0. The van der Waals surface area contributed by atoms with Gasteiger partial charge in [0.1, 0.15) is 12.2 Å². The van der Waals surface area contributed by atoms with Crippen molar-refractivity contribution in [3.8, 4) is 0 Å². The Morgan fingerprint density at radius 2 is 1.85 bits per heavy atom. The van der Waals surface area contributed by atoms with Crippen molar-refractivity contribution in [2.24, 2.45) is 14.1 Å². The maximum atomic E-state index is 12.5. The molecule has 2 heterocycles. The van der Waals surface area contributed by atoms with Crippen molar-refractivity contribution in [3.63, 3.8) is 0 Å². The van der Waals surface area contributed by atoms with E-state index >= 15 is 0 Å². The number of fused-ring (bicyclic) bond motifs is 1. The Morgan fingerprint density at radius 1 is 1.15 bits per heavy atom. The molecule has 0 saturated carbocycles. The van der Waals surface area contributed by atoms with Gasteiger partial charge in [-0.05, 0) is 12.0 Å². The number of aromatic nitrogens is 4. The largest absolute Gasteiger partial charge is 0.348 e. The number of rotatable bonds is 5. The summed E-state index contributed by atoms with van der Waals surface area (Å²) in [5.41, 5.74) is 0.594. The molecule has 1 amide bonds. The number of hydrogen-bond donors (Lipinski definition) is 1. The van der Waals surface area contributed by atoms with Crippen LogP contribution >= 0.6 is 0 Å². The molecule has 3 aromatic rings. The highest BCUT2D eigenvalue weighted by molar-refractivity contribution is 5.79. The first-order chi connectivity index (χ1) is 12.4. The van der Waals surface area contributed by atoms with Gasteiger partial charge in [-0.2, -0.15) is 0 Å². The van der Waals surface area contributed by atoms with Crippen molar-refractivity contribution in [2.75, 3.05) is 0 Å². The summed E-state index contributed by atoms with van der Waals surface area (Å²) in [6, 6.07) is 9.62. The second kappa shape index (κ2) is 6.99. The lowest BCUT2D eigenvalue weighted by Crippen LogP contribution is -2.38. The van der Waals surface area contributed by atoms with Crippen molar-refractivity contribution >= 4 is 17.1 Å². The maximum Gasteiger partial charge on any atom is 0.332 e. The van der Waals surface area contributed by atoms with Crippen molar-refractivity contribution in [1.29, 1.82) is 0 Å². The van der Waals surface area contributed by atoms with E-state index in [9.17, 15) is 14.4 Å². The van der Waals surface area contributed by atoms with Gasteiger partial charge in [0.25, 0.3) is 5.56 Å². The summed E-state index contributed by atoms with van der Waals surface area (Å²) in [6.07, 6.45) is 2.16. The van der Waals surface area contributed by atoms with Gasteiger partial charge in [0.15, 0.2) is 5.52 Å². The molecule has 1 atom stereocenters. The molecule has 0 unspecified atom stereocenters. The van der Waals surface area contributed by atoms with Gasteiger partial charge in [0.2, 0.25) is 5.91 Å². The topological polar surface area (TPSA) is 90.9 Å². The van der Waals surface area contributed by atoms with Crippen LogP contribution in [0.2, 0.25) is 0 Å². The van der Waals surface area contributed by atoms with Crippen LogP contribution in [0.1, 0.15) is 24.9 Å². The summed E-state index contributed by atoms with van der Waals surface area (Å²) < 4.78 is 3.85. The highest BCUT2D eigenvalue weighted by atomic mass is 16.2. The molecule has 0 aliphatic carbocycles. The molecule has 3 rings (SSSR count). The molecular weight excluding hydrogens is 334 g/mol. The molecule has 0 fully saturated rings. The number of amides is 1. The Hall–Kier alpha value is -3.16. The Balaban J connectivity index is 1.89. The summed E-state index contributed by atoms with van der Waals surface area (Å²) in [6.45, 7) is 1.97. The summed E-state index contributed by atoms with van der Waals surface area (Å²) in [7, 11) is 2.96. The zero-order valence-corrected chi connectivity index (χ0v) is 15.0. The molecule has 1 aromatic carbocycles. The molecule has 0 aliphatic rings. The minimum atomic E-state index is -0.474. The number of nitrogens with zero attached hydrogens (tertiary/aromatic N) is 4. The Labute approximate surface area is 149 Å². The Bertz CT molecular complexity index is 1060. The van der Waals surface area contributed by atoms with E-state index in [2.05, 4.69) is 10.3 Å². The van der Waals surface area contributed by atoms with Crippen LogP contribution in [0.5, 0.6) is 0 Å². The molecule has 0 spiro atoms. The lowest BCUT2D eigenvalue weighted by molar-refractivity contribution is -0.122. The van der Waals surface area contributed by atoms with Gasteiger partial charge in [-0.3, -0.25) is 18.7 Å². The van der Waals surface area contributed by atoms with Crippen molar-refractivity contribution < 1.29 is 4.79 Å². The van der Waals surface area contributed by atoms with E-state index in [-0.39, 0.29) is 24.0 Å². The van der Waals surface area contributed by atoms with Crippen LogP contribution in [0.25, 0.3) is 11.2 Å². The van der Waals surface area contributed by atoms with Gasteiger partial charge >= 0.3 is 5.69 Å². The van der Waals surface area contributed by atoms with Crippen LogP contribution < -0.4 is 16.6 Å². The van der Waals surface area contributed by atoms with Gasteiger partial charge in [-0.1, -0.05) is 37.3 Å². The molecule has 26 heavy (non-hydrogen) atoms. The maximum absolute atomic E-state index is 12.5. The van der Waals surface area contributed by atoms with Crippen molar-refractivity contribution in [3.05, 3.63) is 63.1 Å². The van der Waals surface area contributed by atoms with E-state index in [4.69, 9.17) is 0 Å². The predicted molar refractivity (Wildman–Crippen MR) is 97.8 cm³/mol. The molecule has 1 N–H and O–H groups in total. The van der Waals surface area contributed by atoms with Crippen LogP contribution in [0, 0.1) is 0 Å². The predicted octanol–water partition coefficient (Wildman–Crippen LogP) is 0.701. The van der Waals surface area contributed by atoms with E-state index in [0.29, 0.717) is 5.65 Å². The van der Waals surface area contributed by atoms with Crippen molar-refractivity contribution in [1.82, 2.24) is 24.0 Å². The van der Waals surface area contributed by atoms with Gasteiger partial charge < -0.3 is 9.88 Å².